The Morgan fingerprint density at radius 1 is 1.48 bits per heavy atom. The van der Waals surface area contributed by atoms with Crippen molar-refractivity contribution in [3.05, 3.63) is 22.4 Å². The number of nitrogens with one attached hydrogen (secondary N) is 1. The number of rotatable bonds is 4. The van der Waals surface area contributed by atoms with Crippen molar-refractivity contribution in [2.45, 2.75) is 12.8 Å². The van der Waals surface area contributed by atoms with Crippen LogP contribution in [0.1, 0.15) is 22.5 Å². The first-order valence-electron chi connectivity index (χ1n) is 6.79. The zero-order chi connectivity index (χ0) is 15.2. The van der Waals surface area contributed by atoms with Crippen molar-refractivity contribution in [2.24, 2.45) is 5.92 Å². The molecular weight excluding hydrogens is 292 g/mol. The minimum absolute atomic E-state index is 0.0320. The van der Waals surface area contributed by atoms with Crippen molar-refractivity contribution in [3.8, 4) is 0 Å². The highest BCUT2D eigenvalue weighted by Crippen LogP contribution is 2.20. The van der Waals surface area contributed by atoms with Gasteiger partial charge in [0.1, 0.15) is 6.54 Å². The van der Waals surface area contributed by atoms with Crippen LogP contribution in [0.3, 0.4) is 0 Å². The first-order valence-corrected chi connectivity index (χ1v) is 7.67. The first-order chi connectivity index (χ1) is 10.1. The highest BCUT2D eigenvalue weighted by atomic mass is 32.1. The molecule has 1 fully saturated rings. The summed E-state index contributed by atoms with van der Waals surface area (Å²) in [5.41, 5.74) is 0. The van der Waals surface area contributed by atoms with E-state index >= 15 is 0 Å². The number of nitrogens with zero attached hydrogens (tertiary/aromatic N) is 1. The molecule has 1 aliphatic heterocycles. The Kier molecular flexibility index (Phi) is 5.32. The predicted octanol–water partition coefficient (Wildman–Crippen LogP) is 0.889. The maximum absolute atomic E-state index is 12.3. The fourth-order valence-corrected chi connectivity index (χ4v) is 3.00. The van der Waals surface area contributed by atoms with Crippen LogP contribution in [0.2, 0.25) is 0 Å². The van der Waals surface area contributed by atoms with Gasteiger partial charge in [0.2, 0.25) is 5.91 Å². The van der Waals surface area contributed by atoms with Crippen LogP contribution < -0.4 is 5.32 Å². The zero-order valence-electron chi connectivity index (χ0n) is 11.8. The number of hydrogen-bond donors (Lipinski definition) is 1. The van der Waals surface area contributed by atoms with Crippen molar-refractivity contribution in [1.82, 2.24) is 10.2 Å². The lowest BCUT2D eigenvalue weighted by atomic mass is 9.97. The second kappa shape index (κ2) is 7.21. The topological polar surface area (TPSA) is 75.7 Å². The van der Waals surface area contributed by atoms with Crippen LogP contribution in [0.4, 0.5) is 0 Å². The maximum Gasteiger partial charge on any atom is 0.325 e. The van der Waals surface area contributed by atoms with Gasteiger partial charge in [0, 0.05) is 13.1 Å². The standard InChI is InChI=1S/C14H18N2O4S/c1-20-12(17)8-15-13(18)10-4-2-6-16(9-10)14(19)11-5-3-7-21-11/h3,5,7,10H,2,4,6,8-9H2,1H3,(H,15,18)/t10-/m1/s1. The van der Waals surface area contributed by atoms with E-state index in [-0.39, 0.29) is 24.3 Å². The third-order valence-electron chi connectivity index (χ3n) is 3.45. The lowest BCUT2D eigenvalue weighted by molar-refractivity contribution is -0.141. The van der Waals surface area contributed by atoms with Crippen molar-refractivity contribution >= 4 is 29.1 Å². The Bertz CT molecular complexity index is 515. The largest absolute Gasteiger partial charge is 0.468 e. The quantitative estimate of drug-likeness (QED) is 0.838. The molecule has 0 aliphatic carbocycles. The monoisotopic (exact) mass is 310 g/mol. The molecule has 2 rings (SSSR count). The maximum atomic E-state index is 12.3. The molecule has 1 N–H and O–H groups in total. The molecule has 21 heavy (non-hydrogen) atoms. The summed E-state index contributed by atoms with van der Waals surface area (Å²) in [6.07, 6.45) is 1.51. The van der Waals surface area contributed by atoms with E-state index in [1.54, 1.807) is 11.0 Å². The lowest BCUT2D eigenvalue weighted by Crippen LogP contribution is -2.46. The van der Waals surface area contributed by atoms with Crippen LogP contribution in [0.25, 0.3) is 0 Å². The molecule has 6 nitrogen and oxygen atoms in total. The molecule has 7 heteroatoms. The number of esters is 1. The molecule has 1 aliphatic rings. The number of carbonyl (C=O) groups is 3. The number of amides is 2. The van der Waals surface area contributed by atoms with Crippen molar-refractivity contribution in [2.75, 3.05) is 26.7 Å². The minimum Gasteiger partial charge on any atom is -0.468 e. The first kappa shape index (κ1) is 15.5. The summed E-state index contributed by atoms with van der Waals surface area (Å²) in [6, 6.07) is 3.62. The highest BCUT2D eigenvalue weighted by molar-refractivity contribution is 7.12. The number of hydrogen-bond acceptors (Lipinski definition) is 5. The van der Waals surface area contributed by atoms with Gasteiger partial charge in [0.15, 0.2) is 0 Å². The van der Waals surface area contributed by atoms with Crippen LogP contribution in [0.5, 0.6) is 0 Å². The number of piperidine rings is 1. The van der Waals surface area contributed by atoms with E-state index in [1.165, 1.54) is 18.4 Å². The van der Waals surface area contributed by atoms with Crippen LogP contribution in [0, 0.1) is 5.92 Å². The smallest absolute Gasteiger partial charge is 0.325 e. The van der Waals surface area contributed by atoms with Crippen LogP contribution in [-0.2, 0) is 14.3 Å². The number of likely N-dealkylation sites (tertiary alicyclic amines) is 1. The van der Waals surface area contributed by atoms with Crippen LogP contribution >= 0.6 is 11.3 Å². The third kappa shape index (κ3) is 4.04. The average molecular weight is 310 g/mol. The summed E-state index contributed by atoms with van der Waals surface area (Å²) in [4.78, 5) is 37.7. The normalized spacial score (nSPS) is 18.1. The van der Waals surface area contributed by atoms with Gasteiger partial charge in [-0.3, -0.25) is 14.4 Å². The van der Waals surface area contributed by atoms with E-state index < -0.39 is 5.97 Å². The summed E-state index contributed by atoms with van der Waals surface area (Å²) < 4.78 is 4.48. The van der Waals surface area contributed by atoms with Crippen molar-refractivity contribution < 1.29 is 19.1 Å². The van der Waals surface area contributed by atoms with Crippen molar-refractivity contribution in [1.29, 1.82) is 0 Å². The highest BCUT2D eigenvalue weighted by Gasteiger charge is 2.29. The molecule has 1 atom stereocenters. The molecule has 0 saturated carbocycles. The van der Waals surface area contributed by atoms with Gasteiger partial charge in [-0.2, -0.15) is 0 Å². The van der Waals surface area contributed by atoms with Gasteiger partial charge in [-0.05, 0) is 24.3 Å². The fourth-order valence-electron chi connectivity index (χ4n) is 2.31. The van der Waals surface area contributed by atoms with Gasteiger partial charge >= 0.3 is 5.97 Å². The molecule has 1 saturated heterocycles. The lowest BCUT2D eigenvalue weighted by Gasteiger charge is -2.31. The van der Waals surface area contributed by atoms with E-state index in [0.29, 0.717) is 18.0 Å². The molecule has 0 radical (unpaired) electrons. The summed E-state index contributed by atoms with van der Waals surface area (Å²) in [6.45, 7) is 0.923. The number of methoxy groups -OCH3 is 1. The Balaban J connectivity index is 1.90. The molecule has 114 valence electrons. The summed E-state index contributed by atoms with van der Waals surface area (Å²) in [5, 5.41) is 4.41. The van der Waals surface area contributed by atoms with Gasteiger partial charge in [0.05, 0.1) is 17.9 Å². The summed E-state index contributed by atoms with van der Waals surface area (Å²) in [7, 11) is 1.27. The zero-order valence-corrected chi connectivity index (χ0v) is 12.6. The van der Waals surface area contributed by atoms with E-state index in [2.05, 4.69) is 10.1 Å². The number of thiophene rings is 1. The number of carbonyl (C=O) groups excluding carboxylic acids is 3. The predicted molar refractivity (Wildman–Crippen MR) is 78.0 cm³/mol. The van der Waals surface area contributed by atoms with E-state index in [1.807, 2.05) is 11.4 Å². The molecule has 1 aromatic rings. The Morgan fingerprint density at radius 3 is 2.95 bits per heavy atom. The van der Waals surface area contributed by atoms with E-state index in [4.69, 9.17) is 0 Å². The van der Waals surface area contributed by atoms with E-state index in [0.717, 1.165) is 12.8 Å². The molecule has 2 amide bonds. The van der Waals surface area contributed by atoms with Gasteiger partial charge < -0.3 is 15.0 Å². The average Bonchev–Trinajstić information content (AvgIpc) is 3.06. The molecule has 1 aromatic heterocycles. The molecule has 0 aromatic carbocycles. The second-order valence-electron chi connectivity index (χ2n) is 4.86. The fraction of sp³-hybridized carbons (Fsp3) is 0.500. The number of ether oxygens (including phenoxy) is 1. The Labute approximate surface area is 127 Å². The van der Waals surface area contributed by atoms with E-state index in [9.17, 15) is 14.4 Å². The summed E-state index contributed by atoms with van der Waals surface area (Å²) in [5.74, 6) is -0.988. The molecular formula is C14H18N2O4S. The van der Waals surface area contributed by atoms with Crippen molar-refractivity contribution in [3.63, 3.8) is 0 Å². The SMILES string of the molecule is COC(=O)CNC(=O)[C@@H]1CCCN(C(=O)c2cccs2)C1. The van der Waals surface area contributed by atoms with Gasteiger partial charge in [-0.1, -0.05) is 6.07 Å². The Morgan fingerprint density at radius 2 is 2.29 bits per heavy atom. The van der Waals surface area contributed by atoms with Gasteiger partial charge in [0.25, 0.3) is 5.91 Å². The second-order valence-corrected chi connectivity index (χ2v) is 5.81. The van der Waals surface area contributed by atoms with Crippen LogP contribution in [0.15, 0.2) is 17.5 Å². The molecule has 0 spiro atoms. The Hall–Kier alpha value is -1.89. The molecule has 2 heterocycles. The molecule has 0 bridgehead atoms. The third-order valence-corrected chi connectivity index (χ3v) is 4.30. The molecule has 0 unspecified atom stereocenters. The van der Waals surface area contributed by atoms with Gasteiger partial charge in [-0.15, -0.1) is 11.3 Å². The summed E-state index contributed by atoms with van der Waals surface area (Å²) >= 11 is 1.40. The van der Waals surface area contributed by atoms with Gasteiger partial charge in [-0.25, -0.2) is 0 Å². The van der Waals surface area contributed by atoms with Crippen LogP contribution in [-0.4, -0.2) is 49.4 Å². The minimum atomic E-state index is -0.481.